The normalized spacial score (nSPS) is 11.7. The SMILES string of the molecule is C/C(=C\c1ccc(Br)s1)[N+](=O)[O-]. The Hall–Kier alpha value is -0.680. The van der Waals surface area contributed by atoms with E-state index in [9.17, 15) is 10.1 Å². The maximum absolute atomic E-state index is 10.2. The van der Waals surface area contributed by atoms with Crippen LogP contribution in [0.3, 0.4) is 0 Å². The number of nitrogens with zero attached hydrogens (tertiary/aromatic N) is 1. The molecule has 12 heavy (non-hydrogen) atoms. The molecule has 0 saturated carbocycles. The fourth-order valence-electron chi connectivity index (χ4n) is 0.664. The van der Waals surface area contributed by atoms with Crippen molar-refractivity contribution >= 4 is 33.3 Å². The van der Waals surface area contributed by atoms with Crippen LogP contribution in [0.1, 0.15) is 11.8 Å². The fourth-order valence-corrected chi connectivity index (χ4v) is 2.08. The van der Waals surface area contributed by atoms with Crippen molar-refractivity contribution in [2.45, 2.75) is 6.92 Å². The molecule has 0 aliphatic rings. The molecule has 1 heterocycles. The summed E-state index contributed by atoms with van der Waals surface area (Å²) in [6.07, 6.45) is 1.55. The van der Waals surface area contributed by atoms with Crippen LogP contribution >= 0.6 is 27.3 Å². The van der Waals surface area contributed by atoms with Crippen molar-refractivity contribution < 1.29 is 4.92 Å². The lowest BCUT2D eigenvalue weighted by molar-refractivity contribution is -0.422. The largest absolute Gasteiger partial charge is 0.259 e. The van der Waals surface area contributed by atoms with Crippen molar-refractivity contribution in [3.63, 3.8) is 0 Å². The lowest BCUT2D eigenvalue weighted by atomic mass is 10.4. The quantitative estimate of drug-likeness (QED) is 0.596. The summed E-state index contributed by atoms with van der Waals surface area (Å²) in [5, 5.41) is 10.2. The Bertz CT molecular complexity index is 332. The van der Waals surface area contributed by atoms with Crippen molar-refractivity contribution in [1.82, 2.24) is 0 Å². The second kappa shape index (κ2) is 3.82. The average Bonchev–Trinajstić information content (AvgIpc) is 2.35. The van der Waals surface area contributed by atoms with Crippen LogP contribution < -0.4 is 0 Å². The third-order valence-electron chi connectivity index (χ3n) is 1.23. The molecule has 0 aromatic carbocycles. The Morgan fingerprint density at radius 3 is 2.83 bits per heavy atom. The minimum atomic E-state index is -0.395. The second-order valence-electron chi connectivity index (χ2n) is 2.18. The van der Waals surface area contributed by atoms with Gasteiger partial charge < -0.3 is 0 Å². The van der Waals surface area contributed by atoms with E-state index in [1.54, 1.807) is 6.08 Å². The molecule has 0 fully saturated rings. The molecule has 1 aromatic rings. The van der Waals surface area contributed by atoms with Crippen LogP contribution in [0.15, 0.2) is 21.6 Å². The van der Waals surface area contributed by atoms with Crippen molar-refractivity contribution in [2.75, 3.05) is 0 Å². The van der Waals surface area contributed by atoms with Gasteiger partial charge in [0.1, 0.15) is 0 Å². The smallest absolute Gasteiger partial charge is 0.244 e. The molecule has 0 aliphatic heterocycles. The topological polar surface area (TPSA) is 43.1 Å². The van der Waals surface area contributed by atoms with Crippen LogP contribution in [0.25, 0.3) is 6.08 Å². The van der Waals surface area contributed by atoms with Gasteiger partial charge in [0.15, 0.2) is 0 Å². The molecule has 0 radical (unpaired) electrons. The summed E-state index contributed by atoms with van der Waals surface area (Å²) < 4.78 is 0.977. The number of nitro groups is 1. The number of hydrogen-bond acceptors (Lipinski definition) is 3. The van der Waals surface area contributed by atoms with Gasteiger partial charge in [0.25, 0.3) is 0 Å². The van der Waals surface area contributed by atoms with E-state index < -0.39 is 4.92 Å². The van der Waals surface area contributed by atoms with Gasteiger partial charge in [-0.1, -0.05) is 0 Å². The fraction of sp³-hybridized carbons (Fsp3) is 0.143. The summed E-state index contributed by atoms with van der Waals surface area (Å²) in [7, 11) is 0. The third-order valence-corrected chi connectivity index (χ3v) is 2.80. The number of thiophene rings is 1. The lowest BCUT2D eigenvalue weighted by Gasteiger charge is -1.86. The van der Waals surface area contributed by atoms with Gasteiger partial charge in [-0.3, -0.25) is 10.1 Å². The highest BCUT2D eigenvalue weighted by atomic mass is 79.9. The van der Waals surface area contributed by atoms with E-state index in [1.807, 2.05) is 12.1 Å². The van der Waals surface area contributed by atoms with Gasteiger partial charge in [0.05, 0.1) is 8.71 Å². The molecule has 0 spiro atoms. The van der Waals surface area contributed by atoms with Crippen LogP contribution in [-0.4, -0.2) is 4.92 Å². The van der Waals surface area contributed by atoms with E-state index >= 15 is 0 Å². The minimum Gasteiger partial charge on any atom is -0.259 e. The second-order valence-corrected chi connectivity index (χ2v) is 4.68. The molecule has 5 heteroatoms. The van der Waals surface area contributed by atoms with Crippen LogP contribution in [-0.2, 0) is 0 Å². The molecule has 3 nitrogen and oxygen atoms in total. The molecule has 0 unspecified atom stereocenters. The molecular weight excluding hydrogens is 242 g/mol. The minimum absolute atomic E-state index is 0.157. The first-order chi connectivity index (χ1) is 5.59. The highest BCUT2D eigenvalue weighted by molar-refractivity contribution is 9.11. The average molecular weight is 248 g/mol. The van der Waals surface area contributed by atoms with Gasteiger partial charge >= 0.3 is 0 Å². The Morgan fingerprint density at radius 1 is 1.75 bits per heavy atom. The van der Waals surface area contributed by atoms with Gasteiger partial charge in [-0.15, -0.1) is 11.3 Å². The maximum Gasteiger partial charge on any atom is 0.244 e. The van der Waals surface area contributed by atoms with Gasteiger partial charge in [0.2, 0.25) is 5.70 Å². The van der Waals surface area contributed by atoms with Crippen LogP contribution in [0.5, 0.6) is 0 Å². The number of halogens is 1. The first-order valence-electron chi connectivity index (χ1n) is 3.17. The molecular formula is C7H6BrNO2S. The lowest BCUT2D eigenvalue weighted by Crippen LogP contribution is -1.91. The first kappa shape index (κ1) is 9.41. The molecule has 1 aromatic heterocycles. The van der Waals surface area contributed by atoms with E-state index in [0.717, 1.165) is 8.66 Å². The zero-order chi connectivity index (χ0) is 9.14. The van der Waals surface area contributed by atoms with E-state index in [1.165, 1.54) is 18.3 Å². The number of allylic oxidation sites excluding steroid dienone is 1. The van der Waals surface area contributed by atoms with E-state index in [2.05, 4.69) is 15.9 Å². The van der Waals surface area contributed by atoms with Crippen molar-refractivity contribution in [3.05, 3.63) is 36.6 Å². The molecule has 0 amide bonds. The predicted molar refractivity (Wildman–Crippen MR) is 52.7 cm³/mol. The Kier molecular flexibility index (Phi) is 2.99. The zero-order valence-electron chi connectivity index (χ0n) is 6.28. The molecule has 0 saturated heterocycles. The van der Waals surface area contributed by atoms with Crippen molar-refractivity contribution in [3.8, 4) is 0 Å². The Morgan fingerprint density at radius 2 is 2.42 bits per heavy atom. The van der Waals surface area contributed by atoms with Crippen LogP contribution in [0.4, 0.5) is 0 Å². The first-order valence-corrected chi connectivity index (χ1v) is 4.78. The molecule has 0 atom stereocenters. The summed E-state index contributed by atoms with van der Waals surface area (Å²) in [5.74, 6) is 0. The summed E-state index contributed by atoms with van der Waals surface area (Å²) >= 11 is 4.75. The Labute approximate surface area is 82.0 Å². The predicted octanol–water partition coefficient (Wildman–Crippen LogP) is 3.15. The van der Waals surface area contributed by atoms with Gasteiger partial charge in [-0.05, 0) is 28.1 Å². The molecule has 0 aliphatic carbocycles. The van der Waals surface area contributed by atoms with Crippen LogP contribution in [0.2, 0.25) is 0 Å². The monoisotopic (exact) mass is 247 g/mol. The van der Waals surface area contributed by atoms with E-state index in [-0.39, 0.29) is 5.70 Å². The number of hydrogen-bond donors (Lipinski definition) is 0. The van der Waals surface area contributed by atoms with Gasteiger partial charge in [0, 0.05) is 17.9 Å². The molecule has 64 valence electrons. The third kappa shape index (κ3) is 2.42. The maximum atomic E-state index is 10.2. The highest BCUT2D eigenvalue weighted by Crippen LogP contribution is 2.23. The summed E-state index contributed by atoms with van der Waals surface area (Å²) in [4.78, 5) is 10.7. The van der Waals surface area contributed by atoms with Crippen molar-refractivity contribution in [1.29, 1.82) is 0 Å². The Balaban J connectivity index is 2.87. The summed E-state index contributed by atoms with van der Waals surface area (Å²) in [6.45, 7) is 1.48. The van der Waals surface area contributed by atoms with Gasteiger partial charge in [-0.25, -0.2) is 0 Å². The van der Waals surface area contributed by atoms with Crippen LogP contribution in [0, 0.1) is 10.1 Å². The molecule has 1 rings (SSSR count). The summed E-state index contributed by atoms with van der Waals surface area (Å²) in [6, 6.07) is 3.70. The standard InChI is InChI=1S/C7H6BrNO2S/c1-5(9(10)11)4-6-2-3-7(8)12-6/h2-4H,1H3/b5-4+. The highest BCUT2D eigenvalue weighted by Gasteiger charge is 2.02. The van der Waals surface area contributed by atoms with Gasteiger partial charge in [-0.2, -0.15) is 0 Å². The summed E-state index contributed by atoms with van der Waals surface area (Å²) in [5.41, 5.74) is 0.157. The zero-order valence-corrected chi connectivity index (χ0v) is 8.68. The number of rotatable bonds is 2. The van der Waals surface area contributed by atoms with Crippen molar-refractivity contribution in [2.24, 2.45) is 0 Å². The molecule has 0 N–H and O–H groups in total. The van der Waals surface area contributed by atoms with E-state index in [0.29, 0.717) is 0 Å². The molecule has 0 bridgehead atoms. The van der Waals surface area contributed by atoms with E-state index in [4.69, 9.17) is 0 Å².